The summed E-state index contributed by atoms with van der Waals surface area (Å²) in [7, 11) is 0. The number of carbonyl (C=O) groups is 1. The molecule has 24 heavy (non-hydrogen) atoms. The molecule has 8 heteroatoms. The van der Waals surface area contributed by atoms with E-state index in [1.165, 1.54) is 0 Å². The first-order valence-electron chi connectivity index (χ1n) is 7.80. The van der Waals surface area contributed by atoms with Gasteiger partial charge in [0.1, 0.15) is 12.1 Å². The maximum atomic E-state index is 12.1. The van der Waals surface area contributed by atoms with Gasteiger partial charge in [-0.1, -0.05) is 17.3 Å². The van der Waals surface area contributed by atoms with Gasteiger partial charge in [-0.15, -0.1) is 5.10 Å². The van der Waals surface area contributed by atoms with Crippen molar-refractivity contribution in [1.82, 2.24) is 30.1 Å². The topological polar surface area (TPSA) is 77.6 Å². The van der Waals surface area contributed by atoms with Crippen LogP contribution in [0.3, 0.4) is 0 Å². The molecular formula is C16H19BrN6O. The summed E-state index contributed by atoms with van der Waals surface area (Å²) in [6, 6.07) is 7.60. The zero-order valence-corrected chi connectivity index (χ0v) is 15.2. The van der Waals surface area contributed by atoms with Gasteiger partial charge >= 0.3 is 0 Å². The van der Waals surface area contributed by atoms with Gasteiger partial charge in [-0.25, -0.2) is 4.68 Å². The molecule has 0 unspecified atom stereocenters. The molecule has 3 aromatic rings. The fourth-order valence-electron chi connectivity index (χ4n) is 2.58. The Morgan fingerprint density at radius 2 is 2.04 bits per heavy atom. The molecule has 0 aliphatic heterocycles. The summed E-state index contributed by atoms with van der Waals surface area (Å²) in [6.07, 6.45) is 0.818. The smallest absolute Gasteiger partial charge is 0.241 e. The standard InChI is InChI=1S/C16H19BrN6O/c1-11-16(17)12(2)22(20-11)9-5-8-18-15(24)10-23-14-7-4-3-6-13(14)19-21-23/h3-4,6-7H,5,8-10H2,1-2H3,(H,18,24). The third-order valence-electron chi connectivity index (χ3n) is 3.88. The quantitative estimate of drug-likeness (QED) is 0.654. The van der Waals surface area contributed by atoms with Gasteiger partial charge in [0.2, 0.25) is 5.91 Å². The van der Waals surface area contributed by atoms with E-state index in [1.54, 1.807) is 4.68 Å². The number of rotatable bonds is 6. The van der Waals surface area contributed by atoms with Gasteiger partial charge in [0, 0.05) is 18.8 Å². The number of benzene rings is 1. The van der Waals surface area contributed by atoms with Crippen LogP contribution in [0.2, 0.25) is 0 Å². The number of nitrogens with one attached hydrogen (secondary N) is 1. The average Bonchev–Trinajstić information content (AvgIpc) is 3.09. The molecule has 1 aromatic carbocycles. The highest BCUT2D eigenvalue weighted by Crippen LogP contribution is 2.19. The lowest BCUT2D eigenvalue weighted by Gasteiger charge is -2.07. The number of halogens is 1. The van der Waals surface area contributed by atoms with Gasteiger partial charge in [-0.2, -0.15) is 5.10 Å². The molecule has 0 aliphatic rings. The molecule has 0 atom stereocenters. The van der Waals surface area contributed by atoms with Crippen LogP contribution in [0.4, 0.5) is 0 Å². The van der Waals surface area contributed by atoms with E-state index < -0.39 is 0 Å². The lowest BCUT2D eigenvalue weighted by Crippen LogP contribution is -2.29. The summed E-state index contributed by atoms with van der Waals surface area (Å²) in [4.78, 5) is 12.1. The predicted molar refractivity (Wildman–Crippen MR) is 94.6 cm³/mol. The van der Waals surface area contributed by atoms with Gasteiger partial charge in [0.15, 0.2) is 0 Å². The molecule has 3 rings (SSSR count). The van der Waals surface area contributed by atoms with Crippen LogP contribution in [0.1, 0.15) is 17.8 Å². The van der Waals surface area contributed by atoms with Crippen LogP contribution in [-0.2, 0) is 17.9 Å². The van der Waals surface area contributed by atoms with Crippen molar-refractivity contribution < 1.29 is 4.79 Å². The van der Waals surface area contributed by atoms with E-state index in [-0.39, 0.29) is 12.5 Å². The zero-order chi connectivity index (χ0) is 17.1. The Bertz CT molecular complexity index is 869. The van der Waals surface area contributed by atoms with E-state index >= 15 is 0 Å². The lowest BCUT2D eigenvalue weighted by atomic mass is 10.3. The maximum absolute atomic E-state index is 12.1. The van der Waals surface area contributed by atoms with Crippen molar-refractivity contribution >= 4 is 32.9 Å². The summed E-state index contributed by atoms with van der Waals surface area (Å²) in [5.74, 6) is -0.0693. The van der Waals surface area contributed by atoms with Crippen LogP contribution >= 0.6 is 15.9 Å². The Labute approximate surface area is 148 Å². The van der Waals surface area contributed by atoms with Crippen molar-refractivity contribution in [2.75, 3.05) is 6.54 Å². The zero-order valence-electron chi connectivity index (χ0n) is 13.7. The lowest BCUT2D eigenvalue weighted by molar-refractivity contribution is -0.121. The number of fused-ring (bicyclic) bond motifs is 1. The molecule has 2 aromatic heterocycles. The van der Waals surface area contributed by atoms with Gasteiger partial charge in [-0.05, 0) is 48.3 Å². The largest absolute Gasteiger partial charge is 0.354 e. The van der Waals surface area contributed by atoms with Gasteiger partial charge < -0.3 is 5.32 Å². The van der Waals surface area contributed by atoms with E-state index in [2.05, 4.69) is 36.7 Å². The van der Waals surface area contributed by atoms with E-state index in [0.29, 0.717) is 6.54 Å². The van der Waals surface area contributed by atoms with Crippen LogP contribution in [-0.4, -0.2) is 37.2 Å². The summed E-state index contributed by atoms with van der Waals surface area (Å²) in [5, 5.41) is 15.4. The summed E-state index contributed by atoms with van der Waals surface area (Å²) in [5.41, 5.74) is 3.74. The summed E-state index contributed by atoms with van der Waals surface area (Å²) in [6.45, 7) is 5.54. The molecule has 0 fully saturated rings. The Hall–Kier alpha value is -2.22. The third-order valence-corrected chi connectivity index (χ3v) is 5.02. The van der Waals surface area contributed by atoms with Gasteiger partial charge in [0.25, 0.3) is 0 Å². The van der Waals surface area contributed by atoms with Crippen LogP contribution in [0.25, 0.3) is 11.0 Å². The monoisotopic (exact) mass is 390 g/mol. The SMILES string of the molecule is Cc1nn(CCCNC(=O)Cn2nnc3ccccc32)c(C)c1Br. The van der Waals surface area contributed by atoms with Crippen LogP contribution in [0.15, 0.2) is 28.7 Å². The molecule has 126 valence electrons. The molecule has 0 aliphatic carbocycles. The molecule has 2 heterocycles. The summed E-state index contributed by atoms with van der Waals surface area (Å²) < 4.78 is 4.61. The second-order valence-electron chi connectivity index (χ2n) is 5.65. The van der Waals surface area contributed by atoms with Crippen molar-refractivity contribution in [3.8, 4) is 0 Å². The van der Waals surface area contributed by atoms with Crippen molar-refractivity contribution in [2.45, 2.75) is 33.4 Å². The highest BCUT2D eigenvalue weighted by Gasteiger charge is 2.10. The van der Waals surface area contributed by atoms with Crippen LogP contribution in [0, 0.1) is 13.8 Å². The third kappa shape index (κ3) is 3.48. The molecule has 0 bridgehead atoms. The molecule has 0 radical (unpaired) electrons. The first kappa shape index (κ1) is 16.6. The Morgan fingerprint density at radius 3 is 2.79 bits per heavy atom. The number of hydrogen-bond acceptors (Lipinski definition) is 4. The minimum absolute atomic E-state index is 0.0693. The van der Waals surface area contributed by atoms with Gasteiger partial charge in [-0.3, -0.25) is 9.48 Å². The number of amides is 1. The number of carbonyl (C=O) groups excluding carboxylic acids is 1. The number of nitrogens with zero attached hydrogens (tertiary/aromatic N) is 5. The number of aryl methyl sites for hydroxylation is 2. The average molecular weight is 391 g/mol. The minimum atomic E-state index is -0.0693. The van der Waals surface area contributed by atoms with E-state index in [1.807, 2.05) is 42.8 Å². The Kier molecular flexibility index (Phi) is 4.94. The molecule has 0 saturated heterocycles. The van der Waals surface area contributed by atoms with Crippen molar-refractivity contribution in [3.05, 3.63) is 40.1 Å². The fourth-order valence-corrected chi connectivity index (χ4v) is 2.86. The van der Waals surface area contributed by atoms with Crippen molar-refractivity contribution in [1.29, 1.82) is 0 Å². The Morgan fingerprint density at radius 1 is 1.25 bits per heavy atom. The molecule has 7 nitrogen and oxygen atoms in total. The molecular weight excluding hydrogens is 372 g/mol. The molecule has 1 N–H and O–H groups in total. The second-order valence-corrected chi connectivity index (χ2v) is 6.44. The highest BCUT2D eigenvalue weighted by atomic mass is 79.9. The van der Waals surface area contributed by atoms with Crippen molar-refractivity contribution in [3.63, 3.8) is 0 Å². The van der Waals surface area contributed by atoms with Crippen molar-refractivity contribution in [2.24, 2.45) is 0 Å². The fraction of sp³-hybridized carbons (Fsp3) is 0.375. The minimum Gasteiger partial charge on any atom is -0.354 e. The maximum Gasteiger partial charge on any atom is 0.241 e. The number of aromatic nitrogens is 5. The molecule has 1 amide bonds. The normalized spacial score (nSPS) is 11.1. The first-order valence-corrected chi connectivity index (χ1v) is 8.60. The van der Waals surface area contributed by atoms with Crippen LogP contribution < -0.4 is 5.32 Å². The first-order chi connectivity index (χ1) is 11.6. The van der Waals surface area contributed by atoms with E-state index in [9.17, 15) is 4.79 Å². The number of hydrogen-bond donors (Lipinski definition) is 1. The molecule has 0 spiro atoms. The second kappa shape index (κ2) is 7.12. The van der Waals surface area contributed by atoms with E-state index in [4.69, 9.17) is 0 Å². The van der Waals surface area contributed by atoms with E-state index in [0.717, 1.165) is 39.9 Å². The van der Waals surface area contributed by atoms with Gasteiger partial charge in [0.05, 0.1) is 15.7 Å². The van der Waals surface area contributed by atoms with Crippen LogP contribution in [0.5, 0.6) is 0 Å². The predicted octanol–water partition coefficient (Wildman–Crippen LogP) is 2.21. The Balaban J connectivity index is 1.48. The summed E-state index contributed by atoms with van der Waals surface area (Å²) >= 11 is 3.52. The number of para-hydroxylation sites is 1. The molecule has 0 saturated carbocycles. The highest BCUT2D eigenvalue weighted by molar-refractivity contribution is 9.10.